The lowest BCUT2D eigenvalue weighted by molar-refractivity contribution is 0.112. The molecule has 3 heterocycles. The fourth-order valence-corrected chi connectivity index (χ4v) is 3.78. The first-order valence-electron chi connectivity index (χ1n) is 7.26. The zero-order valence-electron chi connectivity index (χ0n) is 11.6. The average Bonchev–Trinajstić information content (AvgIpc) is 3.28. The van der Waals surface area contributed by atoms with Crippen molar-refractivity contribution in [3.63, 3.8) is 0 Å². The average molecular weight is 296 g/mol. The molecule has 4 rings (SSSR count). The number of ether oxygens (including phenoxy) is 1. The summed E-state index contributed by atoms with van der Waals surface area (Å²) < 4.78 is 11.6. The van der Waals surface area contributed by atoms with Gasteiger partial charge in [-0.2, -0.15) is 0 Å². The van der Waals surface area contributed by atoms with Crippen LogP contribution in [0.2, 0.25) is 0 Å². The molecule has 0 N–H and O–H groups in total. The third kappa shape index (κ3) is 2.33. The fraction of sp³-hybridized carbons (Fsp3) is 0.222. The molecule has 1 saturated heterocycles. The summed E-state index contributed by atoms with van der Waals surface area (Å²) in [5.41, 5.74) is 3.69. The Morgan fingerprint density at radius 3 is 2.67 bits per heavy atom. The maximum atomic E-state index is 5.98. The lowest BCUT2D eigenvalue weighted by Crippen LogP contribution is -2.01. The van der Waals surface area contributed by atoms with Crippen molar-refractivity contribution in [1.82, 2.24) is 0 Å². The van der Waals surface area contributed by atoms with E-state index >= 15 is 0 Å². The maximum Gasteiger partial charge on any atom is 0.134 e. The molecule has 1 aliphatic heterocycles. The van der Waals surface area contributed by atoms with Crippen molar-refractivity contribution >= 4 is 11.3 Å². The molecular weight excluding hydrogens is 280 g/mol. The molecule has 0 radical (unpaired) electrons. The summed E-state index contributed by atoms with van der Waals surface area (Å²) in [6.07, 6.45) is 4.10. The summed E-state index contributed by atoms with van der Waals surface area (Å²) in [6.45, 7) is 0.848. The minimum absolute atomic E-state index is 0.170. The van der Waals surface area contributed by atoms with Gasteiger partial charge in [0.2, 0.25) is 0 Å². The van der Waals surface area contributed by atoms with E-state index in [2.05, 4.69) is 35.7 Å². The van der Waals surface area contributed by atoms with Gasteiger partial charge in [0.15, 0.2) is 0 Å². The van der Waals surface area contributed by atoms with Crippen LogP contribution in [0.5, 0.6) is 0 Å². The first-order chi connectivity index (χ1) is 10.4. The van der Waals surface area contributed by atoms with E-state index in [0.29, 0.717) is 0 Å². The van der Waals surface area contributed by atoms with Gasteiger partial charge in [-0.25, -0.2) is 0 Å². The molecule has 0 saturated carbocycles. The van der Waals surface area contributed by atoms with Crippen molar-refractivity contribution in [2.75, 3.05) is 6.61 Å². The van der Waals surface area contributed by atoms with Crippen LogP contribution in [0.15, 0.2) is 58.5 Å². The molecule has 1 atom stereocenters. The van der Waals surface area contributed by atoms with Gasteiger partial charge in [-0.1, -0.05) is 24.3 Å². The van der Waals surface area contributed by atoms with Gasteiger partial charge in [0.25, 0.3) is 0 Å². The molecule has 106 valence electrons. The van der Waals surface area contributed by atoms with Crippen LogP contribution in [0.3, 0.4) is 0 Å². The molecule has 0 spiro atoms. The second-order valence-corrected chi connectivity index (χ2v) is 6.17. The molecule has 0 amide bonds. The van der Waals surface area contributed by atoms with Crippen molar-refractivity contribution in [2.24, 2.45) is 0 Å². The van der Waals surface area contributed by atoms with E-state index in [1.165, 1.54) is 16.0 Å². The van der Waals surface area contributed by atoms with Crippen LogP contribution >= 0.6 is 11.3 Å². The standard InChI is InChI=1S/C18H16O2S/c1-5-13(15-7-2-10-19-15)18(16-8-3-11-20-16)14(6-1)17-9-4-12-21-17/h1-2,4-7,9-10,12,16H,3,8,11H2. The molecule has 2 nitrogen and oxygen atoms in total. The first-order valence-corrected chi connectivity index (χ1v) is 8.14. The SMILES string of the molecule is c1coc(-c2cccc(-c3cccs3)c2C2CCCO2)c1. The van der Waals surface area contributed by atoms with Crippen molar-refractivity contribution in [3.8, 4) is 21.8 Å². The fourth-order valence-electron chi connectivity index (χ4n) is 3.01. The molecule has 1 aromatic carbocycles. The molecule has 1 unspecified atom stereocenters. The summed E-state index contributed by atoms with van der Waals surface area (Å²) in [5.74, 6) is 0.916. The van der Waals surface area contributed by atoms with Crippen molar-refractivity contribution in [2.45, 2.75) is 18.9 Å². The highest BCUT2D eigenvalue weighted by molar-refractivity contribution is 7.13. The Morgan fingerprint density at radius 2 is 1.95 bits per heavy atom. The van der Waals surface area contributed by atoms with Gasteiger partial charge in [0, 0.05) is 22.6 Å². The Kier molecular flexibility index (Phi) is 3.37. The smallest absolute Gasteiger partial charge is 0.134 e. The summed E-state index contributed by atoms with van der Waals surface area (Å²) >= 11 is 1.77. The van der Waals surface area contributed by atoms with E-state index in [9.17, 15) is 0 Å². The van der Waals surface area contributed by atoms with Gasteiger partial charge in [-0.15, -0.1) is 11.3 Å². The van der Waals surface area contributed by atoms with Crippen LogP contribution in [0.1, 0.15) is 24.5 Å². The highest BCUT2D eigenvalue weighted by Crippen LogP contribution is 2.42. The Balaban J connectivity index is 1.93. The second kappa shape index (κ2) is 5.51. The molecule has 1 fully saturated rings. The molecule has 0 aliphatic carbocycles. The lowest BCUT2D eigenvalue weighted by atomic mass is 9.92. The van der Waals surface area contributed by atoms with Crippen LogP contribution < -0.4 is 0 Å². The zero-order chi connectivity index (χ0) is 14.1. The number of rotatable bonds is 3. The van der Waals surface area contributed by atoms with Crippen LogP contribution in [0, 0.1) is 0 Å². The predicted molar refractivity (Wildman–Crippen MR) is 85.4 cm³/mol. The van der Waals surface area contributed by atoms with Crippen LogP contribution in [0.25, 0.3) is 21.8 Å². The summed E-state index contributed by atoms with van der Waals surface area (Å²) in [5, 5.41) is 2.12. The number of benzene rings is 1. The third-order valence-corrected chi connectivity index (χ3v) is 4.83. The van der Waals surface area contributed by atoms with Gasteiger partial charge < -0.3 is 9.15 Å². The quantitative estimate of drug-likeness (QED) is 0.634. The minimum atomic E-state index is 0.170. The van der Waals surface area contributed by atoms with E-state index in [0.717, 1.165) is 30.8 Å². The first kappa shape index (κ1) is 12.9. The molecule has 21 heavy (non-hydrogen) atoms. The molecule has 3 aromatic rings. The van der Waals surface area contributed by atoms with Gasteiger partial charge in [-0.05, 0) is 42.0 Å². The Labute approximate surface area is 128 Å². The predicted octanol–water partition coefficient (Wildman–Crippen LogP) is 5.53. The van der Waals surface area contributed by atoms with Crippen LogP contribution in [-0.2, 0) is 4.74 Å². The van der Waals surface area contributed by atoms with E-state index < -0.39 is 0 Å². The van der Waals surface area contributed by atoms with E-state index in [1.54, 1.807) is 17.6 Å². The zero-order valence-corrected chi connectivity index (χ0v) is 12.4. The van der Waals surface area contributed by atoms with Gasteiger partial charge in [0.05, 0.1) is 12.4 Å². The minimum Gasteiger partial charge on any atom is -0.464 e. The van der Waals surface area contributed by atoms with Crippen molar-refractivity contribution in [3.05, 3.63) is 59.7 Å². The number of hydrogen-bond acceptors (Lipinski definition) is 3. The van der Waals surface area contributed by atoms with Crippen LogP contribution in [-0.4, -0.2) is 6.61 Å². The largest absolute Gasteiger partial charge is 0.464 e. The third-order valence-electron chi connectivity index (χ3n) is 3.93. The van der Waals surface area contributed by atoms with Gasteiger partial charge >= 0.3 is 0 Å². The number of thiophene rings is 1. The molecule has 0 bridgehead atoms. The lowest BCUT2D eigenvalue weighted by Gasteiger charge is -2.18. The Morgan fingerprint density at radius 1 is 1.00 bits per heavy atom. The van der Waals surface area contributed by atoms with Gasteiger partial charge in [0.1, 0.15) is 5.76 Å². The normalized spacial score (nSPS) is 18.2. The topological polar surface area (TPSA) is 22.4 Å². The molecule has 1 aliphatic rings. The summed E-state index contributed by atoms with van der Waals surface area (Å²) in [7, 11) is 0. The monoisotopic (exact) mass is 296 g/mol. The molecule has 2 aromatic heterocycles. The molecule has 3 heteroatoms. The van der Waals surface area contributed by atoms with Gasteiger partial charge in [-0.3, -0.25) is 0 Å². The molecular formula is C18H16O2S. The summed E-state index contributed by atoms with van der Waals surface area (Å²) in [4.78, 5) is 1.29. The highest BCUT2D eigenvalue weighted by atomic mass is 32.1. The van der Waals surface area contributed by atoms with Crippen molar-refractivity contribution in [1.29, 1.82) is 0 Å². The second-order valence-electron chi connectivity index (χ2n) is 5.22. The maximum absolute atomic E-state index is 5.98. The van der Waals surface area contributed by atoms with Crippen LogP contribution in [0.4, 0.5) is 0 Å². The summed E-state index contributed by atoms with van der Waals surface area (Å²) in [6, 6.07) is 14.6. The Hall–Kier alpha value is -1.84. The number of furan rings is 1. The highest BCUT2D eigenvalue weighted by Gasteiger charge is 2.25. The number of hydrogen-bond donors (Lipinski definition) is 0. The van der Waals surface area contributed by atoms with E-state index in [1.807, 2.05) is 12.1 Å². The van der Waals surface area contributed by atoms with E-state index in [4.69, 9.17) is 9.15 Å². The Bertz CT molecular complexity index is 655. The van der Waals surface area contributed by atoms with Crippen molar-refractivity contribution < 1.29 is 9.15 Å². The van der Waals surface area contributed by atoms with E-state index in [-0.39, 0.29) is 6.10 Å².